The number of carboxylic acid groups (broad SMARTS) is 3. The fourth-order valence-corrected chi connectivity index (χ4v) is 0.653. The molecule has 0 saturated carbocycles. The molecule has 0 fully saturated rings. The van der Waals surface area contributed by atoms with Crippen LogP contribution < -0.4 is 15.3 Å². The van der Waals surface area contributed by atoms with E-state index in [1.807, 2.05) is 0 Å². The molecule has 0 unspecified atom stereocenters. The zero-order valence-electron chi connectivity index (χ0n) is 12.8. The zero-order chi connectivity index (χ0) is 20.2. The molecule has 0 N–H and O–H groups in total. The molecule has 6 nitrogen and oxygen atoms in total. The van der Waals surface area contributed by atoms with Crippen LogP contribution in [-0.4, -0.2) is 43.8 Å². The van der Waals surface area contributed by atoms with Gasteiger partial charge in [-0.15, -0.1) is 0 Å². The van der Waals surface area contributed by atoms with Gasteiger partial charge >= 0.3 is 25.8 Å². The summed E-state index contributed by atoms with van der Waals surface area (Å²) in [5.74, 6) is -4.34. The van der Waals surface area contributed by atoms with Crippen LogP contribution in [0.1, 0.15) is 20.8 Å². The van der Waals surface area contributed by atoms with Crippen LogP contribution in [0.25, 0.3) is 0 Å². The average Bonchev–Trinajstić information content (AvgIpc) is 2.45. The minimum Gasteiger partial charge on any atom is -0.544 e. The van der Waals surface area contributed by atoms with E-state index < -0.39 is 33.0 Å². The van der Waals surface area contributed by atoms with Gasteiger partial charge in [0.1, 0.15) is 0 Å². The van der Waals surface area contributed by atoms with Gasteiger partial charge < -0.3 is 29.7 Å². The van der Waals surface area contributed by atoms with Crippen molar-refractivity contribution >= 4 is 113 Å². The van der Waals surface area contributed by atoms with Gasteiger partial charge in [-0.05, 0) is 20.8 Å². The number of halogens is 6. The van der Waals surface area contributed by atoms with Gasteiger partial charge in [0.15, 0.2) is 0 Å². The van der Waals surface area contributed by atoms with Gasteiger partial charge in [0.25, 0.3) is 0 Å². The molecule has 13 heteroatoms. The van der Waals surface area contributed by atoms with Crippen molar-refractivity contribution in [3.63, 3.8) is 0 Å². The van der Waals surface area contributed by atoms with Crippen LogP contribution in [0.3, 0.4) is 0 Å². The number of carbonyl (C=O) groups is 3. The van der Waals surface area contributed by atoms with E-state index >= 15 is 0 Å². The van der Waals surface area contributed by atoms with Crippen molar-refractivity contribution in [2.75, 3.05) is 0 Å². The third-order valence-corrected chi connectivity index (χ3v) is 3.62. The molecule has 138 valence electrons. The molecular weight excluding hydrogens is 568 g/mol. The van der Waals surface area contributed by atoms with Crippen molar-refractivity contribution in [3.05, 3.63) is 30.2 Å². The maximum atomic E-state index is 9.76. The van der Waals surface area contributed by atoms with Crippen LogP contribution in [0.4, 0.5) is 0 Å². The Kier molecular flexibility index (Phi) is 23.2. The molecule has 0 aromatic carbocycles. The third-order valence-electron chi connectivity index (χ3n) is 1.44. The molecule has 0 saturated heterocycles. The summed E-state index contributed by atoms with van der Waals surface area (Å²) in [5, 5.41) is 28.1. The second-order valence-electron chi connectivity index (χ2n) is 3.40. The Morgan fingerprint density at radius 3 is 0.640 bits per heavy atom. The van der Waals surface area contributed by atoms with Crippen LogP contribution >= 0.6 is 69.6 Å². The van der Waals surface area contributed by atoms with E-state index in [2.05, 4.69) is 0 Å². The van der Waals surface area contributed by atoms with E-state index in [1.165, 1.54) is 20.8 Å². The zero-order valence-corrected chi connectivity index (χ0v) is 20.6. The Morgan fingerprint density at radius 1 is 0.520 bits per heavy atom. The van der Waals surface area contributed by atoms with E-state index in [1.54, 1.807) is 0 Å². The van der Waals surface area contributed by atoms with Crippen molar-refractivity contribution in [2.24, 2.45) is 0 Å². The quantitative estimate of drug-likeness (QED) is 0.462. The number of carbonyl (C=O) groups excluding carboxylic acids is 3. The fourth-order valence-electron chi connectivity index (χ4n) is 0.422. The fraction of sp³-hybridized carbons (Fsp3) is 0.250. The first-order valence-electron chi connectivity index (χ1n) is 5.36. The second-order valence-corrected chi connectivity index (χ2v) is 6.24. The topological polar surface area (TPSA) is 120 Å². The van der Waals surface area contributed by atoms with Gasteiger partial charge in [0.05, 0.1) is 33.0 Å². The minimum atomic E-state index is -1.45. The predicted octanol–water partition coefficient (Wildman–Crippen LogP) is 0.955. The van der Waals surface area contributed by atoms with Crippen LogP contribution in [-0.2, 0) is 14.4 Å². The molecule has 0 aromatic rings. The van der Waals surface area contributed by atoms with E-state index in [9.17, 15) is 29.7 Å². The van der Waals surface area contributed by atoms with E-state index in [0.29, 0.717) is 0 Å². The molecule has 0 aliphatic heterocycles. The van der Waals surface area contributed by atoms with Crippen molar-refractivity contribution in [1.29, 1.82) is 0 Å². The number of aliphatic carboxylic acids is 3. The molecule has 0 amide bonds. The predicted molar refractivity (Wildman–Crippen MR) is 94.0 cm³/mol. The van der Waals surface area contributed by atoms with E-state index in [-0.39, 0.29) is 40.9 Å². The molecule has 0 aliphatic carbocycles. The molecule has 0 aliphatic rings. The summed E-state index contributed by atoms with van der Waals surface area (Å²) in [6.07, 6.45) is 0. The average molecular weight is 577 g/mol. The molecule has 0 aromatic heterocycles. The van der Waals surface area contributed by atoms with Crippen LogP contribution in [0.15, 0.2) is 30.2 Å². The van der Waals surface area contributed by atoms with Crippen LogP contribution in [0.2, 0.25) is 0 Å². The number of carboxylic acids is 3. The Balaban J connectivity index is -0.000000130. The second kappa shape index (κ2) is 17.6. The molecule has 0 radical (unpaired) electrons. The minimum absolute atomic E-state index is 0. The first kappa shape index (κ1) is 32.9. The number of allylic oxidation sites excluding steroid dienone is 3. The Bertz CT molecular complexity index is 492. The van der Waals surface area contributed by atoms with Crippen molar-refractivity contribution in [2.45, 2.75) is 20.8 Å². The largest absolute Gasteiger partial charge is 3.00 e. The van der Waals surface area contributed by atoms with Gasteiger partial charge in [0.2, 0.25) is 0 Å². The summed E-state index contributed by atoms with van der Waals surface area (Å²) in [6, 6.07) is 0. The number of rotatable bonds is 3. The smallest absolute Gasteiger partial charge is 0.544 e. The first-order valence-corrected chi connectivity index (χ1v) is 7.63. The summed E-state index contributed by atoms with van der Waals surface area (Å²) >= 11 is 30.6. The molecule has 0 atom stereocenters. The maximum Gasteiger partial charge on any atom is 3.00 e. The van der Waals surface area contributed by atoms with Gasteiger partial charge in [-0.25, -0.2) is 0 Å². The van der Waals surface area contributed by atoms with Crippen LogP contribution in [0.5, 0.6) is 0 Å². The summed E-state index contributed by atoms with van der Waals surface area (Å²) in [6.45, 7) is 4.12. The van der Waals surface area contributed by atoms with Crippen molar-refractivity contribution in [1.82, 2.24) is 0 Å². The van der Waals surface area contributed by atoms with Gasteiger partial charge in [-0.1, -0.05) is 69.6 Å². The molecule has 0 bridgehead atoms. The number of hydrogen-bond acceptors (Lipinski definition) is 6. The summed E-state index contributed by atoms with van der Waals surface area (Å²) < 4.78 is 0. The Morgan fingerprint density at radius 2 is 0.640 bits per heavy atom. The molecule has 0 heterocycles. The van der Waals surface area contributed by atoms with Gasteiger partial charge in [-0.3, -0.25) is 0 Å². The SMILES string of the molecule is C/C(Cl)=C(\Cl)C(=O)[O-].C/C(Cl)=C(\Cl)C(=O)[O-].C/C(Cl)=C(\Cl)C(=O)[O-].[In+3]. The summed E-state index contributed by atoms with van der Waals surface area (Å²) in [4.78, 5) is 29.3. The molecule has 25 heavy (non-hydrogen) atoms. The van der Waals surface area contributed by atoms with Crippen LogP contribution in [0, 0.1) is 0 Å². The third kappa shape index (κ3) is 20.4. The first-order chi connectivity index (χ1) is 10.7. The summed E-state index contributed by atoms with van der Waals surface area (Å²) in [5.41, 5.74) is 0. The van der Waals surface area contributed by atoms with Crippen molar-refractivity contribution < 1.29 is 29.7 Å². The molecule has 0 rings (SSSR count). The maximum absolute atomic E-state index is 9.76. The van der Waals surface area contributed by atoms with E-state index in [4.69, 9.17) is 69.6 Å². The Hall–Kier alpha value is 0.240. The standard InChI is InChI=1S/3C4H4Cl2O2.In/c3*1-2(5)3(6)4(7)8;/h3*1H3,(H,7,8);/q;;;+3/p-3/b3*3-2+;. The molecular formula is C12H9Cl6InO6. The monoisotopic (exact) mass is 574 g/mol. The summed E-state index contributed by atoms with van der Waals surface area (Å²) in [7, 11) is 0. The normalized spacial score (nSPS) is 12.4. The van der Waals surface area contributed by atoms with E-state index in [0.717, 1.165) is 0 Å². The van der Waals surface area contributed by atoms with Crippen molar-refractivity contribution in [3.8, 4) is 0 Å². The molecule has 0 spiro atoms. The Labute approximate surface area is 192 Å². The van der Waals surface area contributed by atoms with Gasteiger partial charge in [-0.2, -0.15) is 0 Å². The van der Waals surface area contributed by atoms with Gasteiger partial charge in [0, 0.05) is 15.1 Å². The number of hydrogen-bond donors (Lipinski definition) is 0.